The van der Waals surface area contributed by atoms with Gasteiger partial charge < -0.3 is 19.6 Å². The van der Waals surface area contributed by atoms with E-state index in [0.29, 0.717) is 6.54 Å². The molecule has 40 heavy (non-hydrogen) atoms. The molecule has 8 heteroatoms. The van der Waals surface area contributed by atoms with Crippen LogP contribution in [-0.2, 0) is 19.1 Å². The van der Waals surface area contributed by atoms with Gasteiger partial charge in [0.15, 0.2) is 0 Å². The van der Waals surface area contributed by atoms with Crippen molar-refractivity contribution in [3.8, 4) is 0 Å². The zero-order chi connectivity index (χ0) is 29.6. The third kappa shape index (κ3) is 5.00. The van der Waals surface area contributed by atoms with Crippen molar-refractivity contribution >= 4 is 29.5 Å². The molecule has 2 amide bonds. The van der Waals surface area contributed by atoms with Crippen molar-refractivity contribution in [3.63, 3.8) is 0 Å². The van der Waals surface area contributed by atoms with Gasteiger partial charge in [-0.15, -0.1) is 18.3 Å². The van der Waals surface area contributed by atoms with Gasteiger partial charge in [-0.25, -0.2) is 0 Å². The number of likely N-dealkylation sites (tertiary alicyclic amines) is 1. The number of benzene rings is 1. The molecule has 4 rings (SSSR count). The summed E-state index contributed by atoms with van der Waals surface area (Å²) in [6.45, 7) is 18.7. The second-order valence-corrected chi connectivity index (χ2v) is 15.0. The van der Waals surface area contributed by atoms with Crippen molar-refractivity contribution in [1.29, 1.82) is 0 Å². The molecule has 3 unspecified atom stereocenters. The van der Waals surface area contributed by atoms with Crippen LogP contribution in [0.3, 0.4) is 0 Å². The van der Waals surface area contributed by atoms with Crippen LogP contribution in [0, 0.1) is 23.2 Å². The SMILES string of the molecule is C=CCN(C(=O)C1N([C@H](CO)c2ccccc2)C(=O)[C@@H]2[C@@H](C(=O)OCC)[C@H]3CC(C)C12S3)C(C)(C)CC(C)(C)C. The summed E-state index contributed by atoms with van der Waals surface area (Å²) in [4.78, 5) is 46.4. The molecule has 3 aliphatic heterocycles. The van der Waals surface area contributed by atoms with Crippen molar-refractivity contribution in [3.05, 3.63) is 48.6 Å². The molecule has 1 aromatic carbocycles. The van der Waals surface area contributed by atoms with Crippen LogP contribution < -0.4 is 0 Å². The minimum atomic E-state index is -0.842. The quantitative estimate of drug-likeness (QED) is 0.320. The van der Waals surface area contributed by atoms with Crippen LogP contribution in [0.1, 0.15) is 72.9 Å². The minimum absolute atomic E-state index is 0.0208. The zero-order valence-corrected chi connectivity index (χ0v) is 25.9. The molecule has 0 aromatic heterocycles. The maximum atomic E-state index is 15.0. The fraction of sp³-hybridized carbons (Fsp3) is 0.656. The molecular formula is C32H46N2O5S. The molecule has 3 fully saturated rings. The van der Waals surface area contributed by atoms with Crippen molar-refractivity contribution in [1.82, 2.24) is 9.80 Å². The van der Waals surface area contributed by atoms with E-state index >= 15 is 4.79 Å². The zero-order valence-electron chi connectivity index (χ0n) is 25.1. The molecule has 3 saturated heterocycles. The summed E-state index contributed by atoms with van der Waals surface area (Å²) in [6, 6.07) is 7.83. The molecule has 0 saturated carbocycles. The highest BCUT2D eigenvalue weighted by Crippen LogP contribution is 2.69. The average Bonchev–Trinajstić information content (AvgIpc) is 3.46. The number of carbonyl (C=O) groups is 3. The van der Waals surface area contributed by atoms with Crippen LogP contribution in [0.4, 0.5) is 0 Å². The fourth-order valence-corrected chi connectivity index (χ4v) is 10.3. The van der Waals surface area contributed by atoms with Crippen molar-refractivity contribution < 1.29 is 24.2 Å². The Morgan fingerprint density at radius 2 is 1.90 bits per heavy atom. The number of amides is 2. The van der Waals surface area contributed by atoms with E-state index in [1.54, 1.807) is 29.7 Å². The molecule has 1 spiro atoms. The first-order chi connectivity index (χ1) is 18.7. The average molecular weight is 571 g/mol. The number of nitrogens with zero attached hydrogens (tertiary/aromatic N) is 2. The predicted octanol–water partition coefficient (Wildman–Crippen LogP) is 4.85. The van der Waals surface area contributed by atoms with Gasteiger partial charge in [-0.1, -0.05) is 64.1 Å². The number of esters is 1. The Bertz CT molecular complexity index is 1130. The molecular weight excluding hydrogens is 524 g/mol. The normalized spacial score (nSPS) is 30.2. The Balaban J connectivity index is 1.90. The molecule has 2 bridgehead atoms. The van der Waals surface area contributed by atoms with Crippen molar-refractivity contribution in [2.45, 2.75) is 88.9 Å². The van der Waals surface area contributed by atoms with Gasteiger partial charge in [0, 0.05) is 17.3 Å². The Labute approximate surface area is 243 Å². The lowest BCUT2D eigenvalue weighted by Gasteiger charge is -2.47. The van der Waals surface area contributed by atoms with E-state index < -0.39 is 34.2 Å². The highest BCUT2D eigenvalue weighted by Gasteiger charge is 2.77. The van der Waals surface area contributed by atoms with Gasteiger partial charge in [0.1, 0.15) is 6.04 Å². The number of hydrogen-bond donors (Lipinski definition) is 1. The van der Waals surface area contributed by atoms with Crippen LogP contribution in [0.15, 0.2) is 43.0 Å². The summed E-state index contributed by atoms with van der Waals surface area (Å²) in [5.41, 5.74) is 0.187. The summed E-state index contributed by atoms with van der Waals surface area (Å²) >= 11 is 1.63. The van der Waals surface area contributed by atoms with Crippen LogP contribution in [0.5, 0.6) is 0 Å². The molecule has 3 aliphatic rings. The van der Waals surface area contributed by atoms with Crippen LogP contribution in [0.2, 0.25) is 0 Å². The van der Waals surface area contributed by atoms with Crippen LogP contribution in [-0.4, -0.2) is 74.0 Å². The van der Waals surface area contributed by atoms with Gasteiger partial charge in [-0.3, -0.25) is 14.4 Å². The fourth-order valence-electron chi connectivity index (χ4n) is 7.92. The maximum absolute atomic E-state index is 15.0. The molecule has 220 valence electrons. The molecule has 7 atom stereocenters. The summed E-state index contributed by atoms with van der Waals surface area (Å²) in [5.74, 6) is -2.03. The topological polar surface area (TPSA) is 87.2 Å². The summed E-state index contributed by atoms with van der Waals surface area (Å²) in [7, 11) is 0. The number of carbonyl (C=O) groups excluding carboxylic acids is 3. The predicted molar refractivity (Wildman–Crippen MR) is 158 cm³/mol. The van der Waals surface area contributed by atoms with Gasteiger partial charge in [0.2, 0.25) is 11.8 Å². The number of thioether (sulfide) groups is 1. The number of ether oxygens (including phenoxy) is 1. The van der Waals surface area contributed by atoms with E-state index in [1.807, 2.05) is 35.2 Å². The van der Waals surface area contributed by atoms with Crippen molar-refractivity contribution in [2.75, 3.05) is 19.8 Å². The van der Waals surface area contributed by atoms with Crippen molar-refractivity contribution in [2.24, 2.45) is 23.2 Å². The van der Waals surface area contributed by atoms with Gasteiger partial charge in [0.25, 0.3) is 0 Å². The Morgan fingerprint density at radius 1 is 1.25 bits per heavy atom. The Hall–Kier alpha value is -2.32. The van der Waals surface area contributed by atoms with E-state index in [0.717, 1.165) is 18.4 Å². The van der Waals surface area contributed by atoms with Gasteiger partial charge in [-0.05, 0) is 50.5 Å². The third-order valence-electron chi connectivity index (χ3n) is 8.94. The van der Waals surface area contributed by atoms with Gasteiger partial charge in [0.05, 0.1) is 35.8 Å². The number of aliphatic hydroxyl groups excluding tert-OH is 1. The third-order valence-corrected chi connectivity index (χ3v) is 11.0. The molecule has 7 nitrogen and oxygen atoms in total. The lowest BCUT2D eigenvalue weighted by molar-refractivity contribution is -0.154. The molecule has 3 heterocycles. The first kappa shape index (κ1) is 30.6. The largest absolute Gasteiger partial charge is 0.466 e. The van der Waals surface area contributed by atoms with E-state index in [9.17, 15) is 14.7 Å². The molecule has 0 radical (unpaired) electrons. The molecule has 1 aromatic rings. The van der Waals surface area contributed by atoms with Gasteiger partial charge in [-0.2, -0.15) is 0 Å². The van der Waals surface area contributed by atoms with E-state index in [4.69, 9.17) is 4.74 Å². The van der Waals surface area contributed by atoms with Crippen LogP contribution in [0.25, 0.3) is 0 Å². The second kappa shape index (κ2) is 11.2. The number of rotatable bonds is 10. The van der Waals surface area contributed by atoms with E-state index in [2.05, 4.69) is 48.1 Å². The summed E-state index contributed by atoms with van der Waals surface area (Å²) in [5, 5.41) is 10.7. The standard InChI is InChI=1S/C32H46N2O5S/c1-9-16-33(31(7,8)19-30(4,5)6)28(37)26-32-20(3)17-23(40-32)24(29(38)39-10-2)25(32)27(36)34(26)22(18-35)21-14-12-11-13-15-21/h9,11-15,20,22-26,35H,1,10,16-19H2,2-8H3/t20?,22-,23-,24+,25+,26?,32?/m1/s1. The molecule has 1 N–H and O–H groups in total. The van der Waals surface area contributed by atoms with E-state index in [-0.39, 0.29) is 47.6 Å². The number of hydrogen-bond acceptors (Lipinski definition) is 6. The smallest absolute Gasteiger partial charge is 0.310 e. The monoisotopic (exact) mass is 570 g/mol. The Kier molecular flexibility index (Phi) is 8.55. The Morgan fingerprint density at radius 3 is 2.45 bits per heavy atom. The number of aliphatic hydroxyl groups is 1. The first-order valence-electron chi connectivity index (χ1n) is 14.5. The maximum Gasteiger partial charge on any atom is 0.310 e. The summed E-state index contributed by atoms with van der Waals surface area (Å²) < 4.78 is 4.69. The van der Waals surface area contributed by atoms with Gasteiger partial charge >= 0.3 is 5.97 Å². The summed E-state index contributed by atoms with van der Waals surface area (Å²) in [6.07, 6.45) is 3.22. The highest BCUT2D eigenvalue weighted by atomic mass is 32.2. The van der Waals surface area contributed by atoms with E-state index in [1.165, 1.54) is 0 Å². The second-order valence-electron chi connectivity index (χ2n) is 13.4. The first-order valence-corrected chi connectivity index (χ1v) is 15.4. The lowest BCUT2D eigenvalue weighted by Crippen LogP contribution is -2.61. The number of fused-ring (bicyclic) bond motifs is 1. The minimum Gasteiger partial charge on any atom is -0.466 e. The highest BCUT2D eigenvalue weighted by molar-refractivity contribution is 8.02. The lowest BCUT2D eigenvalue weighted by atomic mass is 9.66. The van der Waals surface area contributed by atoms with Crippen LogP contribution >= 0.6 is 11.8 Å². The molecule has 0 aliphatic carbocycles.